The van der Waals surface area contributed by atoms with Crippen LogP contribution in [0.1, 0.15) is 42.7 Å². The molecule has 3 amide bonds. The number of benzene rings is 2. The predicted molar refractivity (Wildman–Crippen MR) is 98.0 cm³/mol. The van der Waals surface area contributed by atoms with Crippen LogP contribution < -0.4 is 5.32 Å². The summed E-state index contributed by atoms with van der Waals surface area (Å²) in [6, 6.07) is 10.5. The van der Waals surface area contributed by atoms with E-state index >= 15 is 0 Å². The van der Waals surface area contributed by atoms with Gasteiger partial charge < -0.3 is 10.2 Å². The van der Waals surface area contributed by atoms with Crippen LogP contribution in [0.4, 0.5) is 4.39 Å². The Morgan fingerprint density at radius 1 is 1.11 bits per heavy atom. The number of nitrogens with zero attached hydrogens (tertiary/aromatic N) is 2. The maximum absolute atomic E-state index is 13.5. The molecule has 0 fully saturated rings. The lowest BCUT2D eigenvalue weighted by atomic mass is 10.0. The van der Waals surface area contributed by atoms with Crippen molar-refractivity contribution >= 4 is 17.7 Å². The standard InChI is InChI=1S/C20H20FN3O3/c1-23(2)17(12-5-4-6-14(21)9-12)11-22-18(25)13-7-8-15-16(10-13)20(27)24(3)19(15)26/h4-10,17H,11H2,1-3H3,(H,22,25). The molecular formula is C20H20FN3O3. The third-order valence-electron chi connectivity index (χ3n) is 4.66. The van der Waals surface area contributed by atoms with Crippen molar-refractivity contribution in [3.05, 3.63) is 70.5 Å². The fraction of sp³-hybridized carbons (Fsp3) is 0.250. The smallest absolute Gasteiger partial charge is 0.261 e. The maximum atomic E-state index is 13.5. The molecule has 1 aliphatic heterocycles. The monoisotopic (exact) mass is 369 g/mol. The summed E-state index contributed by atoms with van der Waals surface area (Å²) in [6.45, 7) is 0.263. The van der Waals surface area contributed by atoms with Crippen LogP contribution in [-0.4, -0.2) is 55.2 Å². The zero-order chi connectivity index (χ0) is 19.7. The minimum absolute atomic E-state index is 0.214. The van der Waals surface area contributed by atoms with Crippen LogP contribution in [0.3, 0.4) is 0 Å². The summed E-state index contributed by atoms with van der Waals surface area (Å²) >= 11 is 0. The summed E-state index contributed by atoms with van der Waals surface area (Å²) < 4.78 is 13.5. The Kier molecular flexibility index (Phi) is 5.05. The van der Waals surface area contributed by atoms with Crippen molar-refractivity contribution < 1.29 is 18.8 Å². The molecule has 0 saturated heterocycles. The van der Waals surface area contributed by atoms with Crippen molar-refractivity contribution in [1.82, 2.24) is 15.1 Å². The van der Waals surface area contributed by atoms with Crippen LogP contribution in [0.2, 0.25) is 0 Å². The average molecular weight is 369 g/mol. The van der Waals surface area contributed by atoms with Gasteiger partial charge >= 0.3 is 0 Å². The topological polar surface area (TPSA) is 69.7 Å². The van der Waals surface area contributed by atoms with E-state index in [9.17, 15) is 18.8 Å². The number of hydrogen-bond acceptors (Lipinski definition) is 4. The van der Waals surface area contributed by atoms with Gasteiger partial charge in [0, 0.05) is 19.2 Å². The molecule has 0 spiro atoms. The Bertz CT molecular complexity index is 926. The van der Waals surface area contributed by atoms with E-state index in [0.29, 0.717) is 11.1 Å². The molecule has 1 aliphatic rings. The molecule has 140 valence electrons. The van der Waals surface area contributed by atoms with Gasteiger partial charge in [-0.15, -0.1) is 0 Å². The van der Waals surface area contributed by atoms with Crippen LogP contribution in [0.25, 0.3) is 0 Å². The molecule has 2 aromatic rings. The van der Waals surface area contributed by atoms with Gasteiger partial charge in [0.1, 0.15) is 5.82 Å². The summed E-state index contributed by atoms with van der Waals surface area (Å²) in [5.74, 6) is -1.50. The molecule has 27 heavy (non-hydrogen) atoms. The second-order valence-corrected chi connectivity index (χ2v) is 6.67. The van der Waals surface area contributed by atoms with E-state index in [4.69, 9.17) is 0 Å². The lowest BCUT2D eigenvalue weighted by molar-refractivity contribution is 0.0693. The van der Waals surface area contributed by atoms with Gasteiger partial charge in [-0.1, -0.05) is 12.1 Å². The van der Waals surface area contributed by atoms with Crippen molar-refractivity contribution in [2.75, 3.05) is 27.7 Å². The number of hydrogen-bond donors (Lipinski definition) is 1. The molecule has 1 atom stereocenters. The molecule has 1 N–H and O–H groups in total. The first-order valence-electron chi connectivity index (χ1n) is 8.46. The summed E-state index contributed by atoms with van der Waals surface area (Å²) in [5, 5.41) is 2.81. The highest BCUT2D eigenvalue weighted by molar-refractivity contribution is 6.21. The SMILES string of the molecule is CN1C(=O)c2ccc(C(=O)NCC(c3cccc(F)c3)N(C)C)cc2C1=O. The first-order chi connectivity index (χ1) is 12.8. The minimum Gasteiger partial charge on any atom is -0.350 e. The zero-order valence-corrected chi connectivity index (χ0v) is 15.3. The van der Waals surface area contributed by atoms with E-state index in [2.05, 4.69) is 5.32 Å². The van der Waals surface area contributed by atoms with Gasteiger partial charge in [-0.3, -0.25) is 19.3 Å². The van der Waals surface area contributed by atoms with Crippen LogP contribution >= 0.6 is 0 Å². The maximum Gasteiger partial charge on any atom is 0.261 e. The van der Waals surface area contributed by atoms with Gasteiger partial charge in [0.05, 0.1) is 17.2 Å². The molecule has 0 bridgehead atoms. The van der Waals surface area contributed by atoms with E-state index < -0.39 is 5.91 Å². The van der Waals surface area contributed by atoms with Gasteiger partial charge in [0.25, 0.3) is 17.7 Å². The second kappa shape index (κ2) is 7.28. The van der Waals surface area contributed by atoms with Crippen LogP contribution in [0.5, 0.6) is 0 Å². The van der Waals surface area contributed by atoms with Crippen LogP contribution in [-0.2, 0) is 0 Å². The molecular weight excluding hydrogens is 349 g/mol. The zero-order valence-electron chi connectivity index (χ0n) is 15.3. The summed E-state index contributed by atoms with van der Waals surface area (Å²) in [6.07, 6.45) is 0. The Balaban J connectivity index is 1.76. The van der Waals surface area contributed by atoms with Crippen molar-refractivity contribution in [2.24, 2.45) is 0 Å². The summed E-state index contributed by atoms with van der Waals surface area (Å²) in [5.41, 5.74) is 1.56. The number of carbonyl (C=O) groups excluding carboxylic acids is 3. The number of nitrogens with one attached hydrogen (secondary N) is 1. The van der Waals surface area contributed by atoms with E-state index in [-0.39, 0.29) is 35.8 Å². The molecule has 3 rings (SSSR count). The van der Waals surface area contributed by atoms with E-state index in [1.54, 1.807) is 12.1 Å². The molecule has 1 unspecified atom stereocenters. The highest BCUT2D eigenvalue weighted by atomic mass is 19.1. The summed E-state index contributed by atoms with van der Waals surface area (Å²) in [4.78, 5) is 39.5. The van der Waals surface area contributed by atoms with Gasteiger partial charge in [-0.2, -0.15) is 0 Å². The minimum atomic E-state index is -0.421. The molecule has 0 radical (unpaired) electrons. The number of halogens is 1. The molecule has 6 nitrogen and oxygen atoms in total. The fourth-order valence-electron chi connectivity index (χ4n) is 3.11. The number of likely N-dealkylation sites (N-methyl/N-ethyl adjacent to an activating group) is 1. The van der Waals surface area contributed by atoms with E-state index in [1.165, 1.54) is 37.4 Å². The van der Waals surface area contributed by atoms with E-state index in [1.807, 2.05) is 19.0 Å². The lowest BCUT2D eigenvalue weighted by Crippen LogP contribution is -2.34. The lowest BCUT2D eigenvalue weighted by Gasteiger charge is -2.25. The Labute approximate surface area is 156 Å². The third-order valence-corrected chi connectivity index (χ3v) is 4.66. The van der Waals surface area contributed by atoms with Crippen molar-refractivity contribution in [2.45, 2.75) is 6.04 Å². The number of rotatable bonds is 5. The van der Waals surface area contributed by atoms with Crippen molar-refractivity contribution in [3.63, 3.8) is 0 Å². The predicted octanol–water partition coefficient (Wildman–Crippen LogP) is 2.08. The first-order valence-corrected chi connectivity index (χ1v) is 8.46. The Morgan fingerprint density at radius 2 is 1.81 bits per heavy atom. The quantitative estimate of drug-likeness (QED) is 0.820. The van der Waals surface area contributed by atoms with Gasteiger partial charge in [0.2, 0.25) is 0 Å². The van der Waals surface area contributed by atoms with Crippen molar-refractivity contribution in [1.29, 1.82) is 0 Å². The molecule has 0 saturated carbocycles. The normalized spacial score (nSPS) is 14.5. The summed E-state index contributed by atoms with van der Waals surface area (Å²) in [7, 11) is 5.10. The Morgan fingerprint density at radius 3 is 2.48 bits per heavy atom. The van der Waals surface area contributed by atoms with Crippen LogP contribution in [0.15, 0.2) is 42.5 Å². The largest absolute Gasteiger partial charge is 0.350 e. The third kappa shape index (κ3) is 3.59. The molecule has 1 heterocycles. The highest BCUT2D eigenvalue weighted by Crippen LogP contribution is 2.23. The number of carbonyl (C=O) groups is 3. The number of amides is 3. The number of fused-ring (bicyclic) bond motifs is 1. The van der Waals surface area contributed by atoms with E-state index in [0.717, 1.165) is 10.5 Å². The van der Waals surface area contributed by atoms with Gasteiger partial charge in [-0.25, -0.2) is 4.39 Å². The molecule has 2 aromatic carbocycles. The average Bonchev–Trinajstić information content (AvgIpc) is 2.85. The number of imide groups is 1. The second-order valence-electron chi connectivity index (χ2n) is 6.67. The van der Waals surface area contributed by atoms with Gasteiger partial charge in [-0.05, 0) is 50.0 Å². The first kappa shape index (κ1) is 18.7. The Hall–Kier alpha value is -3.06. The molecule has 7 heteroatoms. The molecule has 0 aromatic heterocycles. The fourth-order valence-corrected chi connectivity index (χ4v) is 3.11. The highest BCUT2D eigenvalue weighted by Gasteiger charge is 2.33. The van der Waals surface area contributed by atoms with Crippen molar-refractivity contribution in [3.8, 4) is 0 Å². The van der Waals surface area contributed by atoms with Gasteiger partial charge in [0.15, 0.2) is 0 Å². The van der Waals surface area contributed by atoms with Crippen LogP contribution in [0, 0.1) is 5.82 Å². The molecule has 0 aliphatic carbocycles.